The fourth-order valence-electron chi connectivity index (χ4n) is 4.96. The fraction of sp³-hybridized carbons (Fsp3) is 0.324. The Kier molecular flexibility index (Phi) is 10.9. The van der Waals surface area contributed by atoms with E-state index in [4.69, 9.17) is 14.2 Å². The number of amides is 2. The molecule has 0 bridgehead atoms. The number of fused-ring (bicyclic) bond motifs is 1. The van der Waals surface area contributed by atoms with Gasteiger partial charge in [0.1, 0.15) is 42.9 Å². The quantitative estimate of drug-likeness (QED) is 0.107. The van der Waals surface area contributed by atoms with Gasteiger partial charge in [-0.2, -0.15) is 0 Å². The average molecular weight is 663 g/mol. The first kappa shape index (κ1) is 33.0. The minimum absolute atomic E-state index is 0.0165. The molecule has 46 heavy (non-hydrogen) atoms. The van der Waals surface area contributed by atoms with Crippen LogP contribution in [0.5, 0.6) is 0 Å². The van der Waals surface area contributed by atoms with Crippen LogP contribution in [-0.2, 0) is 51.4 Å². The number of thioether (sulfide) groups is 1. The summed E-state index contributed by atoms with van der Waals surface area (Å²) in [5, 5.41) is 0.706. The lowest BCUT2D eigenvalue weighted by molar-refractivity contribution is -0.149. The number of anilines is 1. The molecule has 2 amide bonds. The van der Waals surface area contributed by atoms with E-state index in [1.165, 1.54) is 27.3 Å². The summed E-state index contributed by atoms with van der Waals surface area (Å²) in [6, 6.07) is 20.8. The molecular formula is C34H34N2O8S2. The van der Waals surface area contributed by atoms with E-state index in [0.29, 0.717) is 10.6 Å². The van der Waals surface area contributed by atoms with Gasteiger partial charge in [0.25, 0.3) is 5.91 Å². The molecule has 240 valence electrons. The van der Waals surface area contributed by atoms with Gasteiger partial charge in [0.15, 0.2) is 0 Å². The van der Waals surface area contributed by atoms with Gasteiger partial charge >= 0.3 is 17.9 Å². The minimum atomic E-state index is -0.983. The molecule has 1 saturated heterocycles. The van der Waals surface area contributed by atoms with Crippen molar-refractivity contribution in [1.82, 2.24) is 4.90 Å². The molecule has 2 aliphatic heterocycles. The Hall–Kier alpha value is -4.42. The van der Waals surface area contributed by atoms with Crippen LogP contribution in [0.2, 0.25) is 0 Å². The van der Waals surface area contributed by atoms with Crippen molar-refractivity contribution in [3.63, 3.8) is 0 Å². The Morgan fingerprint density at radius 1 is 0.826 bits per heavy atom. The predicted molar refractivity (Wildman–Crippen MR) is 173 cm³/mol. The summed E-state index contributed by atoms with van der Waals surface area (Å²) in [6.07, 6.45) is 1.16. The zero-order valence-corrected chi connectivity index (χ0v) is 27.0. The van der Waals surface area contributed by atoms with Crippen LogP contribution in [0, 0.1) is 5.92 Å². The average Bonchev–Trinajstić information content (AvgIpc) is 3.59. The molecule has 0 radical (unpaired) electrons. The highest BCUT2D eigenvalue weighted by atomic mass is 32.2. The normalized spacial score (nSPS) is 18.6. The molecule has 2 unspecified atom stereocenters. The number of carbonyl (C=O) groups excluding carboxylic acids is 5. The maximum Gasteiger partial charge on any atom is 0.323 e. The summed E-state index contributed by atoms with van der Waals surface area (Å²) in [5.41, 5.74) is 1.99. The van der Waals surface area contributed by atoms with Gasteiger partial charge in [0.2, 0.25) is 5.91 Å². The molecule has 0 aliphatic carbocycles. The molecule has 0 N–H and O–H groups in total. The number of carbonyl (C=O) groups is 5. The smallest absolute Gasteiger partial charge is 0.323 e. The van der Waals surface area contributed by atoms with E-state index >= 15 is 0 Å². The van der Waals surface area contributed by atoms with Gasteiger partial charge in [0.05, 0.1) is 5.00 Å². The molecule has 2 aliphatic rings. The number of ether oxygens (including phenoxy) is 3. The summed E-state index contributed by atoms with van der Waals surface area (Å²) in [5.74, 6) is -2.59. The molecule has 0 saturated carbocycles. The minimum Gasteiger partial charge on any atom is -0.461 e. The summed E-state index contributed by atoms with van der Waals surface area (Å²) in [4.78, 5) is 68.4. The summed E-state index contributed by atoms with van der Waals surface area (Å²) in [6.45, 7) is 3.66. The molecule has 3 heterocycles. The Morgan fingerprint density at radius 3 is 2.07 bits per heavy atom. The lowest BCUT2D eigenvalue weighted by atomic mass is 10.0. The van der Waals surface area contributed by atoms with Gasteiger partial charge in [-0.3, -0.25) is 28.9 Å². The molecule has 2 aromatic carbocycles. The van der Waals surface area contributed by atoms with Crippen LogP contribution in [0.25, 0.3) is 0 Å². The van der Waals surface area contributed by atoms with Gasteiger partial charge < -0.3 is 19.1 Å². The van der Waals surface area contributed by atoms with Gasteiger partial charge in [-0.1, -0.05) is 74.5 Å². The van der Waals surface area contributed by atoms with Crippen LogP contribution in [0.3, 0.4) is 0 Å². The first-order chi connectivity index (χ1) is 22.2. The fourth-order valence-corrected chi connectivity index (χ4v) is 7.19. The topological polar surface area (TPSA) is 120 Å². The first-order valence-corrected chi connectivity index (χ1v) is 16.6. The third kappa shape index (κ3) is 8.04. The van der Waals surface area contributed by atoms with E-state index < -0.39 is 46.9 Å². The zero-order chi connectivity index (χ0) is 32.6. The van der Waals surface area contributed by atoms with Crippen molar-refractivity contribution in [2.75, 3.05) is 11.5 Å². The van der Waals surface area contributed by atoms with Crippen LogP contribution in [0.15, 0.2) is 89.9 Å². The number of β-lactam (4-membered cyclic amide) rings is 1. The van der Waals surface area contributed by atoms with Crippen molar-refractivity contribution in [2.45, 2.75) is 56.6 Å². The van der Waals surface area contributed by atoms with Gasteiger partial charge in [-0.25, -0.2) is 0 Å². The summed E-state index contributed by atoms with van der Waals surface area (Å²) < 4.78 is 16.5. The third-order valence-corrected chi connectivity index (χ3v) is 9.61. The molecular weight excluding hydrogens is 629 g/mol. The van der Waals surface area contributed by atoms with Crippen molar-refractivity contribution < 1.29 is 38.2 Å². The number of rotatable bonds is 13. The third-order valence-electron chi connectivity index (χ3n) is 7.21. The zero-order valence-electron chi connectivity index (χ0n) is 25.4. The summed E-state index contributed by atoms with van der Waals surface area (Å²) >= 11 is 2.40. The van der Waals surface area contributed by atoms with Crippen molar-refractivity contribution in [3.05, 3.63) is 101 Å². The monoisotopic (exact) mass is 662 g/mol. The lowest BCUT2D eigenvalue weighted by Crippen LogP contribution is -2.70. The highest BCUT2D eigenvalue weighted by Crippen LogP contribution is 2.45. The first-order valence-electron chi connectivity index (χ1n) is 14.8. The van der Waals surface area contributed by atoms with Gasteiger partial charge in [-0.05, 0) is 34.6 Å². The van der Waals surface area contributed by atoms with E-state index in [0.717, 1.165) is 22.9 Å². The number of nitrogens with zero attached hydrogens (tertiary/aromatic N) is 2. The largest absolute Gasteiger partial charge is 0.461 e. The molecule has 5 rings (SSSR count). The van der Waals surface area contributed by atoms with Crippen molar-refractivity contribution in [2.24, 2.45) is 5.92 Å². The van der Waals surface area contributed by atoms with Crippen LogP contribution in [0.1, 0.15) is 37.8 Å². The number of benzene rings is 2. The highest BCUT2D eigenvalue weighted by Gasteiger charge is 2.56. The Labute approximate surface area is 275 Å². The molecule has 1 aromatic heterocycles. The number of thiophene rings is 1. The van der Waals surface area contributed by atoms with Gasteiger partial charge in [0, 0.05) is 18.2 Å². The highest BCUT2D eigenvalue weighted by molar-refractivity contribution is 8.01. The number of hydrogen-bond donors (Lipinski definition) is 0. The second-order valence-electron chi connectivity index (χ2n) is 11.2. The molecule has 10 nitrogen and oxygen atoms in total. The second kappa shape index (κ2) is 15.2. The molecule has 3 atom stereocenters. The molecule has 3 aromatic rings. The molecule has 0 spiro atoms. The van der Waals surface area contributed by atoms with Crippen LogP contribution >= 0.6 is 23.1 Å². The summed E-state index contributed by atoms with van der Waals surface area (Å²) in [7, 11) is 0. The van der Waals surface area contributed by atoms with Crippen molar-refractivity contribution in [1.29, 1.82) is 0 Å². The number of esters is 3. The standard InChI is InChI=1S/C34H34N2O8S2/c1-22(2)16-28(38)43-21-25-18-35-32(40)30(33(35)46-31(25)34(41)44-20-24-12-7-4-8-13-24)36(27-14-9-15-45-27)26(37)17-29(39)42-19-23-10-5-3-6-11-23/h3-15,18,22,30-31,33H,16-17,19-21H2,1-2H3/t30?,31?,33-/m1/s1. The Bertz CT molecular complexity index is 1580. The van der Waals surface area contributed by atoms with Crippen molar-refractivity contribution >= 4 is 57.8 Å². The van der Waals surface area contributed by atoms with E-state index in [2.05, 4.69) is 0 Å². The van der Waals surface area contributed by atoms with Gasteiger partial charge in [-0.15, -0.1) is 23.1 Å². The van der Waals surface area contributed by atoms with Crippen molar-refractivity contribution in [3.8, 4) is 0 Å². The SMILES string of the molecule is CC(C)CC(=O)OCC1=CN2C(=O)C(N(C(=O)CC(=O)OCc3ccccc3)c3cccs3)[C@H]2SC1C(=O)OCc1ccccc1. The van der Waals surface area contributed by atoms with E-state index in [-0.39, 0.29) is 38.1 Å². The predicted octanol–water partition coefficient (Wildman–Crippen LogP) is 5.08. The second-order valence-corrected chi connectivity index (χ2v) is 13.3. The molecule has 1 fully saturated rings. The molecule has 12 heteroatoms. The Morgan fingerprint density at radius 2 is 1.46 bits per heavy atom. The van der Waals surface area contributed by atoms with E-state index in [1.54, 1.807) is 17.5 Å². The maximum absolute atomic E-state index is 13.6. The van der Waals surface area contributed by atoms with Crippen LogP contribution in [-0.4, -0.2) is 57.9 Å². The number of hydrogen-bond acceptors (Lipinski definition) is 10. The lowest BCUT2D eigenvalue weighted by Gasteiger charge is -2.51. The van der Waals surface area contributed by atoms with Crippen LogP contribution < -0.4 is 4.90 Å². The Balaban J connectivity index is 1.33. The maximum atomic E-state index is 13.6. The van der Waals surface area contributed by atoms with Crippen LogP contribution in [0.4, 0.5) is 5.00 Å². The van der Waals surface area contributed by atoms with E-state index in [9.17, 15) is 24.0 Å². The van der Waals surface area contributed by atoms with E-state index in [1.807, 2.05) is 74.5 Å².